The zero-order valence-corrected chi connectivity index (χ0v) is 10.2. The van der Waals surface area contributed by atoms with Gasteiger partial charge in [-0.15, -0.1) is 0 Å². The van der Waals surface area contributed by atoms with E-state index in [0.29, 0.717) is 6.04 Å². The van der Waals surface area contributed by atoms with Crippen LogP contribution in [-0.4, -0.2) is 12.6 Å². The van der Waals surface area contributed by atoms with Gasteiger partial charge < -0.3 is 10.6 Å². The van der Waals surface area contributed by atoms with Crippen molar-refractivity contribution in [2.45, 2.75) is 38.3 Å². The van der Waals surface area contributed by atoms with E-state index in [4.69, 9.17) is 5.73 Å². The highest BCUT2D eigenvalue weighted by Gasteiger charge is 2.39. The molecule has 2 bridgehead atoms. The molecule has 1 saturated carbocycles. The molecule has 3 heteroatoms. The van der Waals surface area contributed by atoms with E-state index < -0.39 is 0 Å². The van der Waals surface area contributed by atoms with E-state index in [2.05, 4.69) is 4.90 Å². The number of piperidine rings is 1. The van der Waals surface area contributed by atoms with Crippen LogP contribution in [-0.2, 0) is 0 Å². The highest BCUT2D eigenvalue weighted by Crippen LogP contribution is 2.42. The first kappa shape index (κ1) is 11.0. The number of halogens is 1. The van der Waals surface area contributed by atoms with Crippen molar-refractivity contribution in [1.29, 1.82) is 0 Å². The first-order valence-electron chi connectivity index (χ1n) is 6.47. The Morgan fingerprint density at radius 2 is 2.24 bits per heavy atom. The number of hydrogen-bond acceptors (Lipinski definition) is 2. The van der Waals surface area contributed by atoms with Crippen LogP contribution in [0.1, 0.15) is 37.8 Å². The van der Waals surface area contributed by atoms with E-state index in [1.54, 1.807) is 12.1 Å². The summed E-state index contributed by atoms with van der Waals surface area (Å²) in [6.45, 7) is 2.93. The van der Waals surface area contributed by atoms with Crippen molar-refractivity contribution >= 4 is 5.69 Å². The fourth-order valence-electron chi connectivity index (χ4n) is 3.40. The average Bonchev–Trinajstić information content (AvgIpc) is 2.90. The van der Waals surface area contributed by atoms with Gasteiger partial charge in [0.25, 0.3) is 0 Å². The highest BCUT2D eigenvalue weighted by molar-refractivity contribution is 5.58. The zero-order valence-electron chi connectivity index (χ0n) is 10.2. The third-order valence-corrected chi connectivity index (χ3v) is 4.20. The summed E-state index contributed by atoms with van der Waals surface area (Å²) in [6.07, 6.45) is 3.74. The van der Waals surface area contributed by atoms with Crippen LogP contribution in [0.15, 0.2) is 18.2 Å². The van der Waals surface area contributed by atoms with Crippen molar-refractivity contribution in [1.82, 2.24) is 0 Å². The fraction of sp³-hybridized carbons (Fsp3) is 0.571. The van der Waals surface area contributed by atoms with Crippen LogP contribution >= 0.6 is 0 Å². The summed E-state index contributed by atoms with van der Waals surface area (Å²) >= 11 is 0. The van der Waals surface area contributed by atoms with E-state index in [9.17, 15) is 4.39 Å². The molecule has 2 aliphatic rings. The van der Waals surface area contributed by atoms with Gasteiger partial charge in [-0.05, 0) is 43.7 Å². The molecule has 2 nitrogen and oxygen atoms in total. The summed E-state index contributed by atoms with van der Waals surface area (Å²) in [4.78, 5) is 2.25. The minimum atomic E-state index is -0.118. The van der Waals surface area contributed by atoms with Crippen LogP contribution in [0.4, 0.5) is 10.1 Å². The number of fused-ring (bicyclic) bond motifs is 2. The topological polar surface area (TPSA) is 29.3 Å². The predicted molar refractivity (Wildman–Crippen MR) is 67.5 cm³/mol. The predicted octanol–water partition coefficient (Wildman–Crippen LogP) is 2.83. The summed E-state index contributed by atoms with van der Waals surface area (Å²) in [6, 6.07) is 5.68. The minimum absolute atomic E-state index is 0.111. The van der Waals surface area contributed by atoms with Crippen molar-refractivity contribution in [2.24, 2.45) is 11.7 Å². The van der Waals surface area contributed by atoms with Crippen LogP contribution < -0.4 is 10.6 Å². The Labute approximate surface area is 102 Å². The lowest BCUT2D eigenvalue weighted by atomic mass is 10.0. The molecule has 1 aromatic rings. The summed E-state index contributed by atoms with van der Waals surface area (Å²) in [5.74, 6) is 0.646. The largest absolute Gasteiger partial charge is 0.366 e. The number of anilines is 1. The quantitative estimate of drug-likeness (QED) is 0.852. The Morgan fingerprint density at radius 1 is 1.41 bits per heavy atom. The molecule has 17 heavy (non-hydrogen) atoms. The molecule has 1 aromatic carbocycles. The first-order valence-corrected chi connectivity index (χ1v) is 6.47. The smallest absolute Gasteiger partial charge is 0.146 e. The molecule has 1 aliphatic carbocycles. The van der Waals surface area contributed by atoms with Crippen LogP contribution in [0.5, 0.6) is 0 Å². The molecule has 0 radical (unpaired) electrons. The Morgan fingerprint density at radius 3 is 2.82 bits per heavy atom. The van der Waals surface area contributed by atoms with E-state index in [0.717, 1.165) is 23.7 Å². The molecule has 3 atom stereocenters. The van der Waals surface area contributed by atoms with Gasteiger partial charge in [0, 0.05) is 18.6 Å². The molecule has 1 aliphatic heterocycles. The highest BCUT2D eigenvalue weighted by atomic mass is 19.1. The lowest BCUT2D eigenvalue weighted by Crippen LogP contribution is -2.34. The molecule has 2 fully saturated rings. The van der Waals surface area contributed by atoms with Gasteiger partial charge in [0.05, 0.1) is 5.69 Å². The number of hydrogen-bond donors (Lipinski definition) is 1. The molecule has 2 N–H and O–H groups in total. The monoisotopic (exact) mass is 234 g/mol. The second-order valence-corrected chi connectivity index (χ2v) is 5.45. The van der Waals surface area contributed by atoms with Gasteiger partial charge >= 0.3 is 0 Å². The molecular weight excluding hydrogens is 215 g/mol. The molecule has 0 amide bonds. The van der Waals surface area contributed by atoms with Gasteiger partial charge in [-0.2, -0.15) is 0 Å². The van der Waals surface area contributed by atoms with E-state index >= 15 is 0 Å². The van der Waals surface area contributed by atoms with Gasteiger partial charge in [0.1, 0.15) is 5.82 Å². The molecule has 1 saturated heterocycles. The normalized spacial score (nSPS) is 28.8. The summed E-state index contributed by atoms with van der Waals surface area (Å²) in [5, 5.41) is 0. The molecular formula is C14H19FN2. The van der Waals surface area contributed by atoms with Gasteiger partial charge in [-0.3, -0.25) is 0 Å². The minimum Gasteiger partial charge on any atom is -0.366 e. The van der Waals surface area contributed by atoms with Gasteiger partial charge in [-0.25, -0.2) is 4.39 Å². The number of benzene rings is 1. The summed E-state index contributed by atoms with van der Waals surface area (Å²) in [7, 11) is 0. The van der Waals surface area contributed by atoms with Crippen LogP contribution in [0.3, 0.4) is 0 Å². The van der Waals surface area contributed by atoms with Gasteiger partial charge in [-0.1, -0.05) is 12.1 Å². The van der Waals surface area contributed by atoms with Gasteiger partial charge in [0.15, 0.2) is 0 Å². The van der Waals surface area contributed by atoms with Crippen molar-refractivity contribution in [3.05, 3.63) is 29.6 Å². The van der Waals surface area contributed by atoms with Crippen LogP contribution in [0, 0.1) is 11.7 Å². The summed E-state index contributed by atoms with van der Waals surface area (Å²) < 4.78 is 14.1. The Hall–Kier alpha value is -1.09. The lowest BCUT2D eigenvalue weighted by Gasteiger charge is -2.32. The summed E-state index contributed by atoms with van der Waals surface area (Å²) in [5.41, 5.74) is 7.66. The van der Waals surface area contributed by atoms with Crippen molar-refractivity contribution < 1.29 is 4.39 Å². The SMILES string of the molecule is C[C@H](N)c1cccc(F)c1N1CC2CCC1C2. The van der Waals surface area contributed by atoms with E-state index in [1.165, 1.54) is 19.3 Å². The fourth-order valence-corrected chi connectivity index (χ4v) is 3.40. The maximum atomic E-state index is 14.1. The maximum Gasteiger partial charge on any atom is 0.146 e. The van der Waals surface area contributed by atoms with Crippen LogP contribution in [0.25, 0.3) is 0 Å². The van der Waals surface area contributed by atoms with E-state index in [1.807, 2.05) is 13.0 Å². The standard InChI is InChI=1S/C14H19FN2/c1-9(16)12-3-2-4-13(15)14(12)17-8-10-5-6-11(17)7-10/h2-4,9-11H,5-8,16H2,1H3/t9-,10?,11?/m0/s1. The second kappa shape index (κ2) is 3.98. The number of para-hydroxylation sites is 1. The molecule has 1 heterocycles. The molecule has 0 aromatic heterocycles. The second-order valence-electron chi connectivity index (χ2n) is 5.45. The average molecular weight is 234 g/mol. The third kappa shape index (κ3) is 1.73. The Balaban J connectivity index is 2.02. The number of nitrogens with two attached hydrogens (primary N) is 1. The maximum absolute atomic E-state index is 14.1. The third-order valence-electron chi connectivity index (χ3n) is 4.20. The van der Waals surface area contributed by atoms with Crippen LogP contribution in [0.2, 0.25) is 0 Å². The Bertz CT molecular complexity index is 430. The molecule has 2 unspecified atom stereocenters. The number of nitrogens with zero attached hydrogens (tertiary/aromatic N) is 1. The zero-order chi connectivity index (χ0) is 12.0. The molecule has 3 rings (SSSR count). The van der Waals surface area contributed by atoms with Crippen molar-refractivity contribution in [3.8, 4) is 0 Å². The van der Waals surface area contributed by atoms with Crippen molar-refractivity contribution in [3.63, 3.8) is 0 Å². The van der Waals surface area contributed by atoms with Gasteiger partial charge in [0.2, 0.25) is 0 Å². The lowest BCUT2D eigenvalue weighted by molar-refractivity contribution is 0.537. The van der Waals surface area contributed by atoms with E-state index in [-0.39, 0.29) is 11.9 Å². The first-order chi connectivity index (χ1) is 8.16. The number of rotatable bonds is 2. The molecule has 0 spiro atoms. The Kier molecular flexibility index (Phi) is 2.58. The molecule has 92 valence electrons. The van der Waals surface area contributed by atoms with Crippen molar-refractivity contribution in [2.75, 3.05) is 11.4 Å².